The van der Waals surface area contributed by atoms with Gasteiger partial charge in [-0.3, -0.25) is 9.59 Å². The van der Waals surface area contributed by atoms with Gasteiger partial charge in [-0.1, -0.05) is 6.07 Å². The Bertz CT molecular complexity index is 793. The molecule has 0 aliphatic carbocycles. The monoisotopic (exact) mass is 388 g/mol. The average molecular weight is 388 g/mol. The minimum Gasteiger partial charge on any atom is -0.493 e. The zero-order valence-corrected chi connectivity index (χ0v) is 16.7. The number of carbonyl (C=O) groups is 2. The minimum atomic E-state index is -0.253. The molecule has 144 valence electrons. The van der Waals surface area contributed by atoms with Crippen molar-refractivity contribution in [3.63, 3.8) is 0 Å². The lowest BCUT2D eigenvalue weighted by Crippen LogP contribution is -2.30. The van der Waals surface area contributed by atoms with Gasteiger partial charge >= 0.3 is 0 Å². The van der Waals surface area contributed by atoms with Crippen molar-refractivity contribution >= 4 is 29.3 Å². The highest BCUT2D eigenvalue weighted by molar-refractivity contribution is 8.00. The van der Waals surface area contributed by atoms with Crippen LogP contribution in [0.1, 0.15) is 19.4 Å². The number of methoxy groups -OCH3 is 2. The van der Waals surface area contributed by atoms with Crippen molar-refractivity contribution in [1.82, 2.24) is 5.32 Å². The number of hydrogen-bond acceptors (Lipinski definition) is 5. The molecule has 0 unspecified atom stereocenters. The normalized spacial score (nSPS) is 11.4. The highest BCUT2D eigenvalue weighted by atomic mass is 32.2. The topological polar surface area (TPSA) is 76.7 Å². The van der Waals surface area contributed by atoms with Crippen molar-refractivity contribution in [2.75, 3.05) is 19.5 Å². The molecule has 0 saturated heterocycles. The number of ether oxygens (including phenoxy) is 2. The molecule has 2 rings (SSSR count). The summed E-state index contributed by atoms with van der Waals surface area (Å²) < 4.78 is 10.5. The zero-order valence-electron chi connectivity index (χ0n) is 15.9. The van der Waals surface area contributed by atoms with Crippen LogP contribution in [0.4, 0.5) is 5.69 Å². The van der Waals surface area contributed by atoms with E-state index in [1.54, 1.807) is 14.2 Å². The summed E-state index contributed by atoms with van der Waals surface area (Å²) in [5, 5.41) is 5.40. The van der Waals surface area contributed by atoms with E-state index in [2.05, 4.69) is 10.6 Å². The van der Waals surface area contributed by atoms with Crippen LogP contribution in [0, 0.1) is 0 Å². The molecule has 0 bridgehead atoms. The Hall–Kier alpha value is -2.67. The van der Waals surface area contributed by atoms with Crippen LogP contribution in [0.25, 0.3) is 0 Å². The summed E-state index contributed by atoms with van der Waals surface area (Å²) >= 11 is 1.46. The molecule has 6 nitrogen and oxygen atoms in total. The van der Waals surface area contributed by atoms with E-state index < -0.39 is 0 Å². The van der Waals surface area contributed by atoms with E-state index in [1.165, 1.54) is 18.7 Å². The van der Waals surface area contributed by atoms with Crippen LogP contribution in [0.3, 0.4) is 0 Å². The second-order valence-corrected chi connectivity index (χ2v) is 7.29. The average Bonchev–Trinajstić information content (AvgIpc) is 2.66. The lowest BCUT2D eigenvalue weighted by molar-refractivity contribution is -0.120. The fourth-order valence-corrected chi connectivity index (χ4v) is 3.29. The van der Waals surface area contributed by atoms with E-state index in [1.807, 2.05) is 49.4 Å². The van der Waals surface area contributed by atoms with E-state index in [9.17, 15) is 9.59 Å². The summed E-state index contributed by atoms with van der Waals surface area (Å²) in [4.78, 5) is 24.4. The second-order valence-electron chi connectivity index (χ2n) is 5.87. The molecule has 0 aliphatic heterocycles. The lowest BCUT2D eigenvalue weighted by Gasteiger charge is -2.14. The molecule has 0 aromatic heterocycles. The first-order valence-corrected chi connectivity index (χ1v) is 9.34. The van der Waals surface area contributed by atoms with Crippen LogP contribution < -0.4 is 20.1 Å². The molecule has 0 aliphatic rings. The first-order valence-electron chi connectivity index (χ1n) is 8.46. The fraction of sp³-hybridized carbons (Fsp3) is 0.300. The van der Waals surface area contributed by atoms with Gasteiger partial charge in [-0.05, 0) is 48.9 Å². The van der Waals surface area contributed by atoms with Crippen LogP contribution in [0.15, 0.2) is 47.4 Å². The van der Waals surface area contributed by atoms with Crippen LogP contribution >= 0.6 is 11.8 Å². The third-order valence-corrected chi connectivity index (χ3v) is 4.88. The molecule has 0 spiro atoms. The van der Waals surface area contributed by atoms with Crippen molar-refractivity contribution in [1.29, 1.82) is 0 Å². The number of carbonyl (C=O) groups excluding carboxylic acids is 2. The third kappa shape index (κ3) is 6.21. The van der Waals surface area contributed by atoms with Gasteiger partial charge in [0.2, 0.25) is 11.8 Å². The third-order valence-electron chi connectivity index (χ3n) is 3.77. The maximum atomic E-state index is 12.4. The number of thioether (sulfide) groups is 1. The van der Waals surface area contributed by atoms with Crippen molar-refractivity contribution in [2.45, 2.75) is 30.5 Å². The van der Waals surface area contributed by atoms with Gasteiger partial charge in [-0.15, -0.1) is 11.8 Å². The largest absolute Gasteiger partial charge is 0.493 e. The summed E-state index contributed by atoms with van der Waals surface area (Å²) in [6.07, 6.45) is 0. The zero-order chi connectivity index (χ0) is 19.8. The first-order chi connectivity index (χ1) is 12.9. The van der Waals surface area contributed by atoms with Gasteiger partial charge in [0.25, 0.3) is 0 Å². The summed E-state index contributed by atoms with van der Waals surface area (Å²) in [6.45, 7) is 3.73. The molecular weight excluding hydrogens is 364 g/mol. The molecule has 2 N–H and O–H groups in total. The van der Waals surface area contributed by atoms with Crippen molar-refractivity contribution in [3.05, 3.63) is 48.0 Å². The molecule has 2 aromatic rings. The predicted molar refractivity (Wildman–Crippen MR) is 107 cm³/mol. The number of benzene rings is 2. The molecule has 2 aromatic carbocycles. The second kappa shape index (κ2) is 9.87. The van der Waals surface area contributed by atoms with Crippen LogP contribution in [-0.4, -0.2) is 31.3 Å². The van der Waals surface area contributed by atoms with E-state index in [4.69, 9.17) is 9.47 Å². The van der Waals surface area contributed by atoms with Crippen LogP contribution in [0.5, 0.6) is 11.5 Å². The van der Waals surface area contributed by atoms with Crippen molar-refractivity contribution < 1.29 is 19.1 Å². The molecule has 0 fully saturated rings. The number of nitrogens with one attached hydrogen (secondary N) is 2. The van der Waals surface area contributed by atoms with Gasteiger partial charge < -0.3 is 20.1 Å². The smallest absolute Gasteiger partial charge is 0.233 e. The lowest BCUT2D eigenvalue weighted by atomic mass is 10.2. The van der Waals surface area contributed by atoms with Gasteiger partial charge in [-0.25, -0.2) is 0 Å². The SMILES string of the molecule is COc1ccc(CNC(=O)[C@H](C)Sc2ccc(NC(C)=O)cc2)cc1OC. The number of rotatable bonds is 8. The highest BCUT2D eigenvalue weighted by Gasteiger charge is 2.14. The standard InChI is InChI=1S/C20H24N2O4S/c1-13(27-17-8-6-16(7-9-17)22-14(2)23)20(24)21-12-15-5-10-18(25-3)19(11-15)26-4/h5-11,13H,12H2,1-4H3,(H,21,24)(H,22,23)/t13-/m0/s1. The molecule has 1 atom stereocenters. The number of anilines is 1. The molecule has 0 radical (unpaired) electrons. The maximum absolute atomic E-state index is 12.4. The van der Waals surface area contributed by atoms with Gasteiger partial charge in [0.1, 0.15) is 0 Å². The van der Waals surface area contributed by atoms with E-state index >= 15 is 0 Å². The van der Waals surface area contributed by atoms with Gasteiger partial charge in [-0.2, -0.15) is 0 Å². The Balaban J connectivity index is 1.89. The van der Waals surface area contributed by atoms with E-state index in [0.717, 1.165) is 16.1 Å². The summed E-state index contributed by atoms with van der Waals surface area (Å²) in [7, 11) is 3.16. The fourth-order valence-electron chi connectivity index (χ4n) is 2.40. The summed E-state index contributed by atoms with van der Waals surface area (Å²) in [5.74, 6) is 1.11. The van der Waals surface area contributed by atoms with Crippen LogP contribution in [0.2, 0.25) is 0 Å². The first kappa shape index (κ1) is 20.6. The van der Waals surface area contributed by atoms with Gasteiger partial charge in [0.15, 0.2) is 11.5 Å². The molecular formula is C20H24N2O4S. The molecule has 0 heterocycles. The van der Waals surface area contributed by atoms with Gasteiger partial charge in [0, 0.05) is 24.1 Å². The Labute approximate surface area is 163 Å². The molecule has 0 saturated carbocycles. The Morgan fingerprint density at radius 2 is 1.70 bits per heavy atom. The maximum Gasteiger partial charge on any atom is 0.233 e. The summed E-state index contributed by atoms with van der Waals surface area (Å²) in [6, 6.07) is 12.9. The Kier molecular flexibility index (Phi) is 7.55. The van der Waals surface area contributed by atoms with Crippen molar-refractivity contribution in [3.8, 4) is 11.5 Å². The van der Waals surface area contributed by atoms with Crippen LogP contribution in [-0.2, 0) is 16.1 Å². The Morgan fingerprint density at radius 3 is 2.30 bits per heavy atom. The molecule has 27 heavy (non-hydrogen) atoms. The predicted octanol–water partition coefficient (Wildman–Crippen LogP) is 3.46. The summed E-state index contributed by atoms with van der Waals surface area (Å²) in [5.41, 5.74) is 1.66. The van der Waals surface area contributed by atoms with E-state index in [-0.39, 0.29) is 17.1 Å². The molecule has 7 heteroatoms. The number of hydrogen-bond donors (Lipinski definition) is 2. The minimum absolute atomic E-state index is 0.0549. The molecule has 2 amide bonds. The Morgan fingerprint density at radius 1 is 1.04 bits per heavy atom. The highest BCUT2D eigenvalue weighted by Crippen LogP contribution is 2.28. The van der Waals surface area contributed by atoms with E-state index in [0.29, 0.717) is 18.0 Å². The quantitative estimate of drug-likeness (QED) is 0.677. The van der Waals surface area contributed by atoms with Gasteiger partial charge in [0.05, 0.1) is 19.5 Å². The van der Waals surface area contributed by atoms with Crippen molar-refractivity contribution in [2.24, 2.45) is 0 Å². The number of amides is 2.